The molecule has 0 spiro atoms. The van der Waals surface area contributed by atoms with Gasteiger partial charge in [0, 0.05) is 11.1 Å². The number of ether oxygens (including phenoxy) is 1. The number of carbonyl (C=O) groups is 1. The summed E-state index contributed by atoms with van der Waals surface area (Å²) in [5.41, 5.74) is 4.04. The van der Waals surface area contributed by atoms with Gasteiger partial charge in [0.25, 0.3) is 5.91 Å². The smallest absolute Gasteiger partial charge is 0.257 e. The first kappa shape index (κ1) is 20.6. The van der Waals surface area contributed by atoms with Crippen LogP contribution in [0.4, 0.5) is 5.69 Å². The fourth-order valence-electron chi connectivity index (χ4n) is 2.79. The van der Waals surface area contributed by atoms with Crippen LogP contribution in [0.5, 0.6) is 5.75 Å². The Labute approximate surface area is 174 Å². The molecule has 0 saturated carbocycles. The van der Waals surface area contributed by atoms with Gasteiger partial charge >= 0.3 is 0 Å². The summed E-state index contributed by atoms with van der Waals surface area (Å²) in [4.78, 5) is 12.5. The molecular weight excluding hydrogens is 388 g/mol. The Morgan fingerprint density at radius 1 is 1.10 bits per heavy atom. The van der Waals surface area contributed by atoms with Gasteiger partial charge in [-0.05, 0) is 79.7 Å². The quantitative estimate of drug-likeness (QED) is 0.547. The second-order valence-corrected chi connectivity index (χ2v) is 6.95. The fourth-order valence-corrected chi connectivity index (χ4v) is 2.99. The molecule has 150 valence electrons. The minimum atomic E-state index is -0.292. The van der Waals surface area contributed by atoms with Crippen molar-refractivity contribution < 1.29 is 19.1 Å². The lowest BCUT2D eigenvalue weighted by molar-refractivity contribution is 0.0977. The number of benzene rings is 2. The van der Waals surface area contributed by atoms with E-state index < -0.39 is 0 Å². The number of thiocarbonyl (C=S) groups is 1. The predicted octanol–water partition coefficient (Wildman–Crippen LogP) is 4.19. The van der Waals surface area contributed by atoms with Crippen LogP contribution in [0.2, 0.25) is 0 Å². The maximum Gasteiger partial charge on any atom is 0.257 e. The monoisotopic (exact) mass is 410 g/mol. The molecule has 0 bridgehead atoms. The normalized spacial score (nSPS) is 10.5. The van der Waals surface area contributed by atoms with Gasteiger partial charge in [0.05, 0.1) is 12.8 Å². The molecule has 1 heterocycles. The number of nitrogens with one attached hydrogen (secondary N) is 2. The van der Waals surface area contributed by atoms with Crippen molar-refractivity contribution in [2.24, 2.45) is 0 Å². The number of anilines is 1. The van der Waals surface area contributed by atoms with Gasteiger partial charge in [0.1, 0.15) is 23.9 Å². The van der Waals surface area contributed by atoms with Crippen LogP contribution in [0.15, 0.2) is 52.9 Å². The Kier molecular flexibility index (Phi) is 6.31. The third-order valence-corrected chi connectivity index (χ3v) is 4.75. The summed E-state index contributed by atoms with van der Waals surface area (Å²) in [5, 5.41) is 15.0. The lowest BCUT2D eigenvalue weighted by Gasteiger charge is -2.14. The van der Waals surface area contributed by atoms with Crippen LogP contribution in [-0.4, -0.2) is 23.2 Å². The maximum absolute atomic E-state index is 12.5. The van der Waals surface area contributed by atoms with E-state index >= 15 is 0 Å². The summed E-state index contributed by atoms with van der Waals surface area (Å²) in [7, 11) is 1.55. The van der Waals surface area contributed by atoms with E-state index in [9.17, 15) is 9.90 Å². The summed E-state index contributed by atoms with van der Waals surface area (Å²) in [5.74, 6) is 1.34. The maximum atomic E-state index is 12.5. The highest BCUT2D eigenvalue weighted by Gasteiger charge is 2.13. The molecule has 7 heteroatoms. The van der Waals surface area contributed by atoms with E-state index in [-0.39, 0.29) is 17.6 Å². The molecule has 0 radical (unpaired) electrons. The Hall–Kier alpha value is -3.16. The molecule has 1 aromatic heterocycles. The first-order valence-corrected chi connectivity index (χ1v) is 9.39. The zero-order valence-electron chi connectivity index (χ0n) is 16.4. The summed E-state index contributed by atoms with van der Waals surface area (Å²) in [6.07, 6.45) is 0. The van der Waals surface area contributed by atoms with Crippen molar-refractivity contribution in [3.8, 4) is 17.1 Å². The minimum Gasteiger partial charge on any atom is -0.495 e. The van der Waals surface area contributed by atoms with Crippen LogP contribution in [0.1, 0.15) is 27.2 Å². The largest absolute Gasteiger partial charge is 0.495 e. The Balaban J connectivity index is 1.77. The van der Waals surface area contributed by atoms with Crippen LogP contribution < -0.4 is 15.4 Å². The number of amides is 1. The van der Waals surface area contributed by atoms with Crippen LogP contribution in [0.25, 0.3) is 11.3 Å². The molecule has 0 aliphatic rings. The van der Waals surface area contributed by atoms with Gasteiger partial charge in [-0.2, -0.15) is 0 Å². The van der Waals surface area contributed by atoms with Crippen molar-refractivity contribution in [3.05, 3.63) is 71.0 Å². The second kappa shape index (κ2) is 8.89. The molecule has 3 aromatic rings. The van der Waals surface area contributed by atoms with E-state index in [1.54, 1.807) is 37.4 Å². The number of aliphatic hydroxyl groups excluding tert-OH is 1. The Morgan fingerprint density at radius 2 is 1.90 bits per heavy atom. The molecule has 0 aliphatic heterocycles. The third kappa shape index (κ3) is 4.82. The summed E-state index contributed by atoms with van der Waals surface area (Å²) >= 11 is 5.31. The van der Waals surface area contributed by atoms with Crippen LogP contribution in [-0.2, 0) is 6.61 Å². The number of hydrogen-bond donors (Lipinski definition) is 3. The first-order valence-electron chi connectivity index (χ1n) is 8.99. The predicted molar refractivity (Wildman–Crippen MR) is 116 cm³/mol. The Bertz CT molecular complexity index is 1060. The molecule has 2 aromatic carbocycles. The van der Waals surface area contributed by atoms with E-state index in [4.69, 9.17) is 21.4 Å². The van der Waals surface area contributed by atoms with Gasteiger partial charge in [0.2, 0.25) is 0 Å². The minimum absolute atomic E-state index is 0.152. The number of hydrogen-bond acceptors (Lipinski definition) is 5. The molecule has 3 N–H and O–H groups in total. The van der Waals surface area contributed by atoms with Crippen molar-refractivity contribution in [3.63, 3.8) is 0 Å². The number of aryl methyl sites for hydroxylation is 2. The van der Waals surface area contributed by atoms with Gasteiger partial charge in [-0.3, -0.25) is 10.1 Å². The fraction of sp³-hybridized carbons (Fsp3) is 0.182. The molecule has 0 atom stereocenters. The highest BCUT2D eigenvalue weighted by molar-refractivity contribution is 7.80. The number of aliphatic hydroxyl groups is 1. The average molecular weight is 410 g/mol. The van der Waals surface area contributed by atoms with Crippen LogP contribution >= 0.6 is 12.2 Å². The van der Waals surface area contributed by atoms with Crippen molar-refractivity contribution >= 4 is 28.9 Å². The zero-order chi connectivity index (χ0) is 21.0. The van der Waals surface area contributed by atoms with Gasteiger partial charge in [-0.1, -0.05) is 6.07 Å². The van der Waals surface area contributed by atoms with Crippen molar-refractivity contribution in [2.45, 2.75) is 20.5 Å². The SMILES string of the molecule is COc1ccc(-c2ccc(CO)o2)cc1NC(=S)NC(=O)c1ccc(C)c(C)c1. The lowest BCUT2D eigenvalue weighted by Crippen LogP contribution is -2.34. The number of rotatable bonds is 5. The van der Waals surface area contributed by atoms with Crippen LogP contribution in [0.3, 0.4) is 0 Å². The number of furan rings is 1. The van der Waals surface area contributed by atoms with Gasteiger partial charge in [-0.15, -0.1) is 0 Å². The molecule has 6 nitrogen and oxygen atoms in total. The molecule has 0 fully saturated rings. The molecular formula is C22H22N2O4S. The standard InChI is InChI=1S/C22H22N2O4S/c1-13-4-5-16(10-14(13)2)21(26)24-22(29)23-18-11-15(6-8-20(18)27-3)19-9-7-17(12-25)28-19/h4-11,25H,12H2,1-3H3,(H2,23,24,26,29). The highest BCUT2D eigenvalue weighted by atomic mass is 32.1. The number of methoxy groups -OCH3 is 1. The molecule has 29 heavy (non-hydrogen) atoms. The van der Waals surface area contributed by atoms with E-state index in [2.05, 4.69) is 10.6 Å². The molecule has 0 saturated heterocycles. The first-order chi connectivity index (χ1) is 13.9. The van der Waals surface area contributed by atoms with Gasteiger partial charge in [0.15, 0.2) is 5.11 Å². The summed E-state index contributed by atoms with van der Waals surface area (Å²) in [6.45, 7) is 3.77. The summed E-state index contributed by atoms with van der Waals surface area (Å²) < 4.78 is 11.0. The van der Waals surface area contributed by atoms with E-state index in [0.717, 1.165) is 16.7 Å². The van der Waals surface area contributed by atoms with E-state index in [0.29, 0.717) is 28.5 Å². The van der Waals surface area contributed by atoms with E-state index in [1.165, 1.54) is 0 Å². The van der Waals surface area contributed by atoms with Gasteiger partial charge in [-0.25, -0.2) is 0 Å². The van der Waals surface area contributed by atoms with E-state index in [1.807, 2.05) is 32.0 Å². The number of carbonyl (C=O) groups excluding carboxylic acids is 1. The molecule has 3 rings (SSSR count). The topological polar surface area (TPSA) is 83.7 Å². The molecule has 0 unspecified atom stereocenters. The van der Waals surface area contributed by atoms with Gasteiger partial charge < -0.3 is 19.6 Å². The summed E-state index contributed by atoms with van der Waals surface area (Å²) in [6, 6.07) is 14.4. The molecule has 1 amide bonds. The zero-order valence-corrected chi connectivity index (χ0v) is 17.2. The lowest BCUT2D eigenvalue weighted by atomic mass is 10.1. The van der Waals surface area contributed by atoms with Crippen molar-refractivity contribution in [1.29, 1.82) is 0 Å². The van der Waals surface area contributed by atoms with Crippen molar-refractivity contribution in [1.82, 2.24) is 5.32 Å². The molecule has 0 aliphatic carbocycles. The van der Waals surface area contributed by atoms with Crippen LogP contribution in [0, 0.1) is 13.8 Å². The Morgan fingerprint density at radius 3 is 2.55 bits per heavy atom. The third-order valence-electron chi connectivity index (χ3n) is 4.55. The highest BCUT2D eigenvalue weighted by Crippen LogP contribution is 2.31. The average Bonchev–Trinajstić information content (AvgIpc) is 3.19. The second-order valence-electron chi connectivity index (χ2n) is 6.55. The van der Waals surface area contributed by atoms with Crippen molar-refractivity contribution in [2.75, 3.05) is 12.4 Å².